The van der Waals surface area contributed by atoms with Crippen LogP contribution in [0.15, 0.2) is 85.5 Å². The Morgan fingerprint density at radius 2 is 1.96 bits per heavy atom. The maximum Gasteiger partial charge on any atom is 0.150 e. The molecule has 24 heavy (non-hydrogen) atoms. The number of aldehydes is 1. The van der Waals surface area contributed by atoms with Gasteiger partial charge in [0.15, 0.2) is 0 Å². The lowest BCUT2D eigenvalue weighted by molar-refractivity contribution is 0.112. The van der Waals surface area contributed by atoms with Gasteiger partial charge in [0.1, 0.15) is 18.6 Å². The third-order valence-electron chi connectivity index (χ3n) is 3.88. The standard InChI is InChI=1S/C22H22O2/c1-4-5-9-17(2)18(3)21-14-20(15-23)12-13-22(21)24-16-19-10-7-6-8-11-19/h4-15,18H,1-2,16H2,3H3/b9-5-/t18-/m1/s1. The number of ether oxygens (including phenoxy) is 1. The van der Waals surface area contributed by atoms with Crippen LogP contribution in [0.1, 0.15) is 34.3 Å². The van der Waals surface area contributed by atoms with Crippen molar-refractivity contribution < 1.29 is 9.53 Å². The van der Waals surface area contributed by atoms with E-state index in [2.05, 4.69) is 20.1 Å². The molecular formula is C22H22O2. The molecule has 2 aromatic carbocycles. The summed E-state index contributed by atoms with van der Waals surface area (Å²) in [5, 5.41) is 0. The molecule has 2 heteroatoms. The predicted octanol–water partition coefficient (Wildman–Crippen LogP) is 5.48. The number of hydrogen-bond acceptors (Lipinski definition) is 2. The minimum Gasteiger partial charge on any atom is -0.489 e. The zero-order chi connectivity index (χ0) is 17.4. The number of carbonyl (C=O) groups is 1. The van der Waals surface area contributed by atoms with Crippen LogP contribution in [0.3, 0.4) is 0 Å². The topological polar surface area (TPSA) is 26.3 Å². The van der Waals surface area contributed by atoms with E-state index in [1.807, 2.05) is 54.6 Å². The lowest BCUT2D eigenvalue weighted by atomic mass is 9.91. The monoisotopic (exact) mass is 318 g/mol. The van der Waals surface area contributed by atoms with Crippen LogP contribution in [0, 0.1) is 0 Å². The van der Waals surface area contributed by atoms with Crippen molar-refractivity contribution in [2.75, 3.05) is 0 Å². The van der Waals surface area contributed by atoms with Crippen molar-refractivity contribution in [3.05, 3.63) is 102 Å². The molecule has 0 saturated carbocycles. The van der Waals surface area contributed by atoms with E-state index in [4.69, 9.17) is 4.74 Å². The minimum absolute atomic E-state index is 0.0341. The van der Waals surface area contributed by atoms with E-state index in [0.29, 0.717) is 12.2 Å². The average molecular weight is 318 g/mol. The molecule has 0 aromatic heterocycles. The maximum absolute atomic E-state index is 11.1. The second kappa shape index (κ2) is 8.68. The molecule has 2 rings (SSSR count). The van der Waals surface area contributed by atoms with E-state index < -0.39 is 0 Å². The van der Waals surface area contributed by atoms with Crippen LogP contribution in [-0.4, -0.2) is 6.29 Å². The van der Waals surface area contributed by atoms with Gasteiger partial charge in [0.2, 0.25) is 0 Å². The molecule has 0 amide bonds. The average Bonchev–Trinajstić information content (AvgIpc) is 2.64. The summed E-state index contributed by atoms with van der Waals surface area (Å²) in [6, 6.07) is 15.5. The molecule has 0 bridgehead atoms. The molecule has 0 aliphatic rings. The Balaban J connectivity index is 2.26. The summed E-state index contributed by atoms with van der Waals surface area (Å²) >= 11 is 0. The van der Waals surface area contributed by atoms with Crippen molar-refractivity contribution in [2.45, 2.75) is 19.4 Å². The van der Waals surface area contributed by atoms with Gasteiger partial charge >= 0.3 is 0 Å². The van der Waals surface area contributed by atoms with Crippen molar-refractivity contribution in [2.24, 2.45) is 0 Å². The van der Waals surface area contributed by atoms with Crippen LogP contribution in [0.25, 0.3) is 0 Å². The number of rotatable bonds is 8. The molecule has 2 aromatic rings. The second-order valence-electron chi connectivity index (χ2n) is 5.58. The molecule has 0 spiro atoms. The smallest absolute Gasteiger partial charge is 0.150 e. The molecule has 0 unspecified atom stereocenters. The molecule has 0 heterocycles. The summed E-state index contributed by atoms with van der Waals surface area (Å²) in [6.07, 6.45) is 6.34. The Labute approximate surface area is 143 Å². The van der Waals surface area contributed by atoms with Gasteiger partial charge in [-0.15, -0.1) is 0 Å². The number of allylic oxidation sites excluding steroid dienone is 4. The van der Waals surface area contributed by atoms with Crippen LogP contribution in [0.2, 0.25) is 0 Å². The molecule has 0 aliphatic carbocycles. The summed E-state index contributed by atoms with van der Waals surface area (Å²) in [6.45, 7) is 10.3. The summed E-state index contributed by atoms with van der Waals surface area (Å²) in [7, 11) is 0. The Kier molecular flexibility index (Phi) is 6.32. The highest BCUT2D eigenvalue weighted by Gasteiger charge is 2.14. The van der Waals surface area contributed by atoms with E-state index in [1.165, 1.54) is 0 Å². The van der Waals surface area contributed by atoms with Crippen molar-refractivity contribution in [3.8, 4) is 5.75 Å². The Morgan fingerprint density at radius 1 is 1.21 bits per heavy atom. The second-order valence-corrected chi connectivity index (χ2v) is 5.58. The van der Waals surface area contributed by atoms with E-state index in [1.54, 1.807) is 12.1 Å². The normalized spacial score (nSPS) is 11.9. The van der Waals surface area contributed by atoms with Crippen LogP contribution in [0.4, 0.5) is 0 Å². The molecule has 1 atom stereocenters. The van der Waals surface area contributed by atoms with E-state index in [9.17, 15) is 4.79 Å². The number of carbonyl (C=O) groups excluding carboxylic acids is 1. The third-order valence-corrected chi connectivity index (χ3v) is 3.88. The highest BCUT2D eigenvalue weighted by Crippen LogP contribution is 2.32. The Bertz CT molecular complexity index is 742. The fourth-order valence-corrected chi connectivity index (χ4v) is 2.38. The Morgan fingerprint density at radius 3 is 2.62 bits per heavy atom. The molecule has 0 N–H and O–H groups in total. The van der Waals surface area contributed by atoms with Gasteiger partial charge in [-0.1, -0.05) is 68.6 Å². The third kappa shape index (κ3) is 4.56. The SMILES string of the molecule is C=C/C=C\C(=C)[C@@H](C)c1cc(C=O)ccc1OCc1ccccc1. The lowest BCUT2D eigenvalue weighted by Crippen LogP contribution is -2.03. The van der Waals surface area contributed by atoms with Gasteiger partial charge in [0, 0.05) is 17.0 Å². The van der Waals surface area contributed by atoms with E-state index in [-0.39, 0.29) is 5.92 Å². The van der Waals surface area contributed by atoms with Gasteiger partial charge in [-0.05, 0) is 29.3 Å². The molecule has 0 saturated heterocycles. The van der Waals surface area contributed by atoms with Gasteiger partial charge in [-0.25, -0.2) is 0 Å². The zero-order valence-electron chi connectivity index (χ0n) is 13.9. The number of benzene rings is 2. The quantitative estimate of drug-likeness (QED) is 0.476. The van der Waals surface area contributed by atoms with Crippen molar-refractivity contribution >= 4 is 6.29 Å². The molecule has 0 fully saturated rings. The molecule has 0 radical (unpaired) electrons. The maximum atomic E-state index is 11.1. The Hall–Kier alpha value is -2.87. The van der Waals surface area contributed by atoms with Crippen molar-refractivity contribution in [3.63, 3.8) is 0 Å². The summed E-state index contributed by atoms with van der Waals surface area (Å²) in [4.78, 5) is 11.1. The van der Waals surface area contributed by atoms with Crippen molar-refractivity contribution in [1.29, 1.82) is 0 Å². The number of hydrogen-bond donors (Lipinski definition) is 0. The first-order chi connectivity index (χ1) is 11.7. The molecule has 122 valence electrons. The highest BCUT2D eigenvalue weighted by molar-refractivity contribution is 5.76. The first-order valence-electron chi connectivity index (χ1n) is 7.89. The minimum atomic E-state index is 0.0341. The van der Waals surface area contributed by atoms with Crippen LogP contribution < -0.4 is 4.74 Å². The fraction of sp³-hybridized carbons (Fsp3) is 0.136. The van der Waals surface area contributed by atoms with Gasteiger partial charge in [0.25, 0.3) is 0 Å². The first kappa shape index (κ1) is 17.5. The summed E-state index contributed by atoms with van der Waals surface area (Å²) in [5.74, 6) is 0.803. The van der Waals surface area contributed by atoms with E-state index >= 15 is 0 Å². The summed E-state index contributed by atoms with van der Waals surface area (Å²) < 4.78 is 6.00. The van der Waals surface area contributed by atoms with Gasteiger partial charge in [0.05, 0.1) is 0 Å². The lowest BCUT2D eigenvalue weighted by Gasteiger charge is -2.18. The van der Waals surface area contributed by atoms with Crippen LogP contribution in [0.5, 0.6) is 5.75 Å². The fourth-order valence-electron chi connectivity index (χ4n) is 2.38. The van der Waals surface area contributed by atoms with Gasteiger partial charge < -0.3 is 4.74 Å². The summed E-state index contributed by atoms with van der Waals surface area (Å²) in [5.41, 5.74) is 3.61. The van der Waals surface area contributed by atoms with E-state index in [0.717, 1.165) is 28.7 Å². The largest absolute Gasteiger partial charge is 0.489 e. The van der Waals surface area contributed by atoms with Crippen molar-refractivity contribution in [1.82, 2.24) is 0 Å². The predicted molar refractivity (Wildman–Crippen MR) is 99.5 cm³/mol. The van der Waals surface area contributed by atoms with Crippen LogP contribution >= 0.6 is 0 Å². The van der Waals surface area contributed by atoms with Gasteiger partial charge in [-0.3, -0.25) is 4.79 Å². The molecular weight excluding hydrogens is 296 g/mol. The van der Waals surface area contributed by atoms with Gasteiger partial charge in [-0.2, -0.15) is 0 Å². The zero-order valence-corrected chi connectivity index (χ0v) is 13.9. The van der Waals surface area contributed by atoms with Crippen LogP contribution in [-0.2, 0) is 6.61 Å². The molecule has 2 nitrogen and oxygen atoms in total. The molecule has 0 aliphatic heterocycles. The highest BCUT2D eigenvalue weighted by atomic mass is 16.5. The first-order valence-corrected chi connectivity index (χ1v) is 7.89.